The summed E-state index contributed by atoms with van der Waals surface area (Å²) in [6, 6.07) is 0. The molecule has 0 saturated carbocycles. The number of allylic oxidation sites excluding steroid dienone is 6. The van der Waals surface area contributed by atoms with Gasteiger partial charge in [0, 0.05) is 24.0 Å². The number of hydrogen-bond donors (Lipinski definition) is 0. The van der Waals surface area contributed by atoms with E-state index >= 15 is 0 Å². The lowest BCUT2D eigenvalue weighted by Gasteiger charge is -2.23. The quantitative estimate of drug-likeness (QED) is 0.442. The summed E-state index contributed by atoms with van der Waals surface area (Å²) < 4.78 is 22.6. The number of carbonyl (C=O) groups excluding carboxylic acids is 2. The smallest absolute Gasteiger partial charge is 0.334 e. The van der Waals surface area contributed by atoms with Crippen LogP contribution in [-0.2, 0) is 31.9 Å². The molecule has 38 heavy (non-hydrogen) atoms. The van der Waals surface area contributed by atoms with Crippen molar-refractivity contribution < 1.29 is 27.9 Å². The molecule has 0 aliphatic carbocycles. The molecule has 8 nitrogen and oxygen atoms in total. The summed E-state index contributed by atoms with van der Waals surface area (Å²) >= 11 is 0. The van der Waals surface area contributed by atoms with E-state index in [1.165, 1.54) is 12.8 Å². The number of oxazole rings is 2. The largest absolute Gasteiger partial charge is 0.458 e. The van der Waals surface area contributed by atoms with Crippen molar-refractivity contribution in [3.8, 4) is 0 Å². The summed E-state index contributed by atoms with van der Waals surface area (Å²) in [5.74, 6) is 0.818. The minimum atomic E-state index is -0.351. The van der Waals surface area contributed by atoms with Gasteiger partial charge in [0.25, 0.3) is 0 Å². The second kappa shape index (κ2) is 14.9. The molecule has 0 fully saturated rings. The van der Waals surface area contributed by atoms with Crippen molar-refractivity contribution in [1.82, 2.24) is 9.97 Å². The van der Waals surface area contributed by atoms with Crippen LogP contribution in [0.15, 0.2) is 81.6 Å². The van der Waals surface area contributed by atoms with E-state index in [2.05, 4.69) is 23.8 Å². The molecule has 0 amide bonds. The zero-order valence-corrected chi connectivity index (χ0v) is 22.7. The van der Waals surface area contributed by atoms with Crippen molar-refractivity contribution in [2.45, 2.75) is 78.4 Å². The Kier molecular flexibility index (Phi) is 11.3. The Morgan fingerprint density at radius 3 is 1.53 bits per heavy atom. The van der Waals surface area contributed by atoms with Crippen LogP contribution in [-0.4, -0.2) is 34.1 Å². The van der Waals surface area contributed by atoms with Gasteiger partial charge in [-0.25, -0.2) is 19.6 Å². The monoisotopic (exact) mass is 522 g/mol. The van der Waals surface area contributed by atoms with Crippen LogP contribution in [0.25, 0.3) is 0 Å². The van der Waals surface area contributed by atoms with Gasteiger partial charge in [-0.15, -0.1) is 0 Å². The van der Waals surface area contributed by atoms with Gasteiger partial charge in [0.2, 0.25) is 0 Å². The molecule has 0 saturated heterocycles. The van der Waals surface area contributed by atoms with Crippen molar-refractivity contribution in [2.24, 2.45) is 11.8 Å². The van der Waals surface area contributed by atoms with E-state index < -0.39 is 0 Å². The second-order valence-corrected chi connectivity index (χ2v) is 9.90. The van der Waals surface area contributed by atoms with E-state index in [-0.39, 0.29) is 36.0 Å². The fraction of sp³-hybridized carbons (Fsp3) is 0.467. The van der Waals surface area contributed by atoms with Gasteiger partial charge in [-0.1, -0.05) is 50.3 Å². The maximum Gasteiger partial charge on any atom is 0.334 e. The van der Waals surface area contributed by atoms with Crippen molar-refractivity contribution in [3.05, 3.63) is 84.3 Å². The first-order chi connectivity index (χ1) is 18.3. The molecule has 3 rings (SSSR count). The summed E-state index contributed by atoms with van der Waals surface area (Å²) in [7, 11) is 0. The molecule has 0 aromatic carbocycles. The molecule has 0 spiro atoms. The average Bonchev–Trinajstić information content (AvgIpc) is 3.61. The second-order valence-electron chi connectivity index (χ2n) is 9.90. The summed E-state index contributed by atoms with van der Waals surface area (Å²) in [5.41, 5.74) is 1.05. The summed E-state index contributed by atoms with van der Waals surface area (Å²) in [6.45, 7) is 7.62. The van der Waals surface area contributed by atoms with E-state index in [0.29, 0.717) is 35.5 Å². The molecule has 0 radical (unpaired) electrons. The first kappa shape index (κ1) is 28.9. The van der Waals surface area contributed by atoms with Gasteiger partial charge < -0.3 is 18.3 Å². The Balaban J connectivity index is 1.77. The number of hydrogen-bond acceptors (Lipinski definition) is 8. The lowest BCUT2D eigenvalue weighted by atomic mass is 9.95. The van der Waals surface area contributed by atoms with Gasteiger partial charge in [0.05, 0.1) is 12.4 Å². The molecule has 8 heteroatoms. The fourth-order valence-electron chi connectivity index (χ4n) is 4.10. The van der Waals surface area contributed by atoms with Crippen molar-refractivity contribution >= 4 is 11.9 Å². The van der Waals surface area contributed by atoms with Crippen LogP contribution in [0, 0.1) is 11.8 Å². The van der Waals surface area contributed by atoms with Crippen LogP contribution in [0.2, 0.25) is 0 Å². The van der Waals surface area contributed by atoms with Gasteiger partial charge in [0.15, 0.2) is 12.8 Å². The SMILES string of the molecule is CC1=CC=CCC[C@@H](C)[C@@H](Cc2cnco2)OC(=O)C(C)=CC=CCC[C@@H](C)[C@@H](Cc2cnco2)OC1=O. The zero-order valence-electron chi connectivity index (χ0n) is 22.7. The molecule has 0 bridgehead atoms. The van der Waals surface area contributed by atoms with E-state index in [0.717, 1.165) is 25.7 Å². The van der Waals surface area contributed by atoms with Gasteiger partial charge in [0.1, 0.15) is 23.7 Å². The highest BCUT2D eigenvalue weighted by Gasteiger charge is 2.25. The van der Waals surface area contributed by atoms with E-state index in [1.54, 1.807) is 38.4 Å². The third kappa shape index (κ3) is 9.32. The van der Waals surface area contributed by atoms with E-state index in [9.17, 15) is 9.59 Å². The van der Waals surface area contributed by atoms with Crippen LogP contribution in [0.1, 0.15) is 64.9 Å². The minimum Gasteiger partial charge on any atom is -0.458 e. The molecule has 2 aromatic heterocycles. The van der Waals surface area contributed by atoms with Crippen LogP contribution in [0.5, 0.6) is 0 Å². The van der Waals surface area contributed by atoms with Crippen LogP contribution in [0.4, 0.5) is 0 Å². The third-order valence-electron chi connectivity index (χ3n) is 6.74. The summed E-state index contributed by atoms with van der Waals surface area (Å²) in [6.07, 6.45) is 20.6. The fourth-order valence-corrected chi connectivity index (χ4v) is 4.10. The highest BCUT2D eigenvalue weighted by atomic mass is 16.5. The lowest BCUT2D eigenvalue weighted by Crippen LogP contribution is -2.28. The molecular formula is C30H38N2O6. The van der Waals surface area contributed by atoms with Crippen LogP contribution in [0.3, 0.4) is 0 Å². The lowest BCUT2D eigenvalue weighted by molar-refractivity contribution is -0.147. The Labute approximate surface area is 224 Å². The van der Waals surface area contributed by atoms with Gasteiger partial charge in [-0.3, -0.25) is 0 Å². The average molecular weight is 523 g/mol. The third-order valence-corrected chi connectivity index (χ3v) is 6.74. The molecular weight excluding hydrogens is 484 g/mol. The number of rotatable bonds is 4. The number of aromatic nitrogens is 2. The number of esters is 2. The predicted molar refractivity (Wildman–Crippen MR) is 143 cm³/mol. The number of cyclic esters (lactones) is 2. The van der Waals surface area contributed by atoms with E-state index in [4.69, 9.17) is 18.3 Å². The van der Waals surface area contributed by atoms with Crippen molar-refractivity contribution in [3.63, 3.8) is 0 Å². The standard InChI is InChI=1S/C30H38N2O6/c1-21-11-7-5-9-13-24(4)30(34)38-28(16-26-18-32-20-36-26)22(2)12-8-6-10-14-23(3)29(33)37-27(21)15-25-17-31-19-35-25/h5-6,9-10,13-14,17-22,27-28H,7-8,11-12,15-16H2,1-4H3/t21-,22-,27-,28-/m1/s1. The molecule has 4 atom stereocenters. The Morgan fingerprint density at radius 2 is 1.16 bits per heavy atom. The summed E-state index contributed by atoms with van der Waals surface area (Å²) in [4.78, 5) is 33.6. The Bertz CT molecular complexity index is 1040. The molecule has 2 aromatic rings. The number of carbonyl (C=O) groups is 2. The first-order valence-electron chi connectivity index (χ1n) is 13.2. The Morgan fingerprint density at radius 1 is 0.737 bits per heavy atom. The highest BCUT2D eigenvalue weighted by Crippen LogP contribution is 2.22. The Hall–Kier alpha value is -3.68. The molecule has 0 unspecified atom stereocenters. The molecule has 204 valence electrons. The minimum absolute atomic E-state index is 0.0796. The maximum atomic E-state index is 12.8. The molecule has 3 heterocycles. The zero-order chi connectivity index (χ0) is 27.3. The predicted octanol–water partition coefficient (Wildman–Crippen LogP) is 6.12. The number of ether oxygens (including phenoxy) is 2. The summed E-state index contributed by atoms with van der Waals surface area (Å²) in [5, 5.41) is 0. The van der Waals surface area contributed by atoms with Crippen molar-refractivity contribution in [1.29, 1.82) is 0 Å². The normalized spacial score (nSPS) is 24.7. The number of nitrogens with zero attached hydrogens (tertiary/aromatic N) is 2. The first-order valence-corrected chi connectivity index (χ1v) is 13.2. The molecule has 0 N–H and O–H groups in total. The highest BCUT2D eigenvalue weighted by molar-refractivity contribution is 5.88. The molecule has 1 aliphatic rings. The van der Waals surface area contributed by atoms with Gasteiger partial charge in [-0.2, -0.15) is 0 Å². The van der Waals surface area contributed by atoms with Crippen molar-refractivity contribution in [2.75, 3.05) is 0 Å². The van der Waals surface area contributed by atoms with E-state index in [1.807, 2.05) is 24.3 Å². The van der Waals surface area contributed by atoms with Crippen LogP contribution >= 0.6 is 0 Å². The topological polar surface area (TPSA) is 105 Å². The molecule has 1 aliphatic heterocycles. The van der Waals surface area contributed by atoms with Gasteiger partial charge >= 0.3 is 11.9 Å². The van der Waals surface area contributed by atoms with Crippen LogP contribution < -0.4 is 0 Å². The van der Waals surface area contributed by atoms with Gasteiger partial charge in [-0.05, 0) is 51.4 Å². The maximum absolute atomic E-state index is 12.8.